The van der Waals surface area contributed by atoms with Gasteiger partial charge in [-0.25, -0.2) is 0 Å². The maximum absolute atomic E-state index is 12.9. The van der Waals surface area contributed by atoms with Crippen LogP contribution in [0.4, 0.5) is 0 Å². The number of carbonyl (C=O) groups is 1. The summed E-state index contributed by atoms with van der Waals surface area (Å²) in [5.74, 6) is 0.938. The quantitative estimate of drug-likeness (QED) is 0.929. The minimum atomic E-state index is -0.0199. The average Bonchev–Trinajstić information content (AvgIpc) is 2.68. The lowest BCUT2D eigenvalue weighted by molar-refractivity contribution is 0.0488. The maximum atomic E-state index is 12.9. The van der Waals surface area contributed by atoms with Crippen LogP contribution in [0.15, 0.2) is 42.7 Å². The Kier molecular flexibility index (Phi) is 5.34. The molecule has 0 bridgehead atoms. The molecule has 2 atom stereocenters. The monoisotopic (exact) mass is 340 g/mol. The maximum Gasteiger partial charge on any atom is 0.255 e. The lowest BCUT2D eigenvalue weighted by Crippen LogP contribution is -2.46. The molecule has 1 saturated heterocycles. The Hall–Kier alpha value is -2.40. The van der Waals surface area contributed by atoms with E-state index in [9.17, 15) is 9.90 Å². The molecule has 0 aliphatic carbocycles. The number of pyridine rings is 1. The van der Waals surface area contributed by atoms with Gasteiger partial charge >= 0.3 is 0 Å². The van der Waals surface area contributed by atoms with E-state index in [0.717, 1.165) is 29.7 Å². The summed E-state index contributed by atoms with van der Waals surface area (Å²) in [7, 11) is 1.63. The van der Waals surface area contributed by atoms with Gasteiger partial charge in [0.25, 0.3) is 5.91 Å². The van der Waals surface area contributed by atoms with Crippen LogP contribution in [0.2, 0.25) is 0 Å². The van der Waals surface area contributed by atoms with Crippen molar-refractivity contribution in [2.45, 2.75) is 25.8 Å². The Morgan fingerprint density at radius 3 is 2.68 bits per heavy atom. The number of nitrogens with zero attached hydrogens (tertiary/aromatic N) is 2. The number of benzene rings is 1. The van der Waals surface area contributed by atoms with Gasteiger partial charge < -0.3 is 14.7 Å². The number of aliphatic hydroxyl groups is 1. The first kappa shape index (κ1) is 17.4. The zero-order valence-electron chi connectivity index (χ0n) is 14.7. The molecule has 3 rings (SSSR count). The van der Waals surface area contributed by atoms with Gasteiger partial charge in [0.1, 0.15) is 5.75 Å². The molecule has 5 nitrogen and oxygen atoms in total. The Morgan fingerprint density at radius 2 is 2.00 bits per heavy atom. The summed E-state index contributed by atoms with van der Waals surface area (Å²) in [4.78, 5) is 19.1. The molecule has 0 radical (unpaired) electrons. The van der Waals surface area contributed by atoms with Crippen LogP contribution in [0.5, 0.6) is 5.75 Å². The van der Waals surface area contributed by atoms with Crippen LogP contribution >= 0.6 is 0 Å². The SMILES string of the molecule is COc1ccc(-c2cncc(C(=O)N3CC(CO)CCC3C)c2)cc1. The van der Waals surface area contributed by atoms with Crippen LogP contribution in [0, 0.1) is 5.92 Å². The number of likely N-dealkylation sites (tertiary alicyclic amines) is 1. The standard InChI is InChI=1S/C20H24N2O3/c1-14-3-4-15(13-23)12-22(14)20(24)18-9-17(10-21-11-18)16-5-7-19(25-2)8-6-16/h5-11,14-15,23H,3-4,12-13H2,1-2H3. The van der Waals surface area contributed by atoms with Gasteiger partial charge in [0.2, 0.25) is 0 Å². The highest BCUT2D eigenvalue weighted by molar-refractivity contribution is 5.95. The molecular weight excluding hydrogens is 316 g/mol. The highest BCUT2D eigenvalue weighted by Gasteiger charge is 2.29. The predicted molar refractivity (Wildman–Crippen MR) is 96.5 cm³/mol. The average molecular weight is 340 g/mol. The molecule has 0 spiro atoms. The first-order valence-corrected chi connectivity index (χ1v) is 8.63. The van der Waals surface area contributed by atoms with E-state index in [1.807, 2.05) is 35.2 Å². The second-order valence-corrected chi connectivity index (χ2v) is 6.62. The molecule has 1 aromatic carbocycles. The van der Waals surface area contributed by atoms with E-state index in [1.165, 1.54) is 0 Å². The van der Waals surface area contributed by atoms with Crippen LogP contribution < -0.4 is 4.74 Å². The van der Waals surface area contributed by atoms with Gasteiger partial charge in [-0.15, -0.1) is 0 Å². The van der Waals surface area contributed by atoms with Crippen molar-refractivity contribution in [3.8, 4) is 16.9 Å². The molecule has 1 aliphatic heterocycles. The molecular formula is C20H24N2O3. The Balaban J connectivity index is 1.83. The molecule has 25 heavy (non-hydrogen) atoms. The lowest BCUT2D eigenvalue weighted by Gasteiger charge is -2.37. The van der Waals surface area contributed by atoms with Crippen LogP contribution in [0.25, 0.3) is 11.1 Å². The minimum absolute atomic E-state index is 0.0199. The Bertz CT molecular complexity index is 730. The van der Waals surface area contributed by atoms with E-state index >= 15 is 0 Å². The highest BCUT2D eigenvalue weighted by Crippen LogP contribution is 2.26. The normalized spacial score (nSPS) is 20.4. The molecule has 1 N–H and O–H groups in total. The number of rotatable bonds is 4. The number of hydrogen-bond acceptors (Lipinski definition) is 4. The van der Waals surface area contributed by atoms with Gasteiger partial charge in [-0.1, -0.05) is 12.1 Å². The lowest BCUT2D eigenvalue weighted by atomic mass is 9.93. The van der Waals surface area contributed by atoms with Crippen LogP contribution in [0.3, 0.4) is 0 Å². The van der Waals surface area contributed by atoms with Crippen LogP contribution in [-0.4, -0.2) is 47.2 Å². The second-order valence-electron chi connectivity index (χ2n) is 6.62. The van der Waals surface area contributed by atoms with Gasteiger partial charge in [-0.05, 0) is 49.4 Å². The first-order valence-electron chi connectivity index (χ1n) is 8.63. The number of aliphatic hydroxyl groups excluding tert-OH is 1. The molecule has 1 aromatic heterocycles. The number of methoxy groups -OCH3 is 1. The van der Waals surface area contributed by atoms with Crippen molar-refractivity contribution < 1.29 is 14.6 Å². The third-order valence-corrected chi connectivity index (χ3v) is 4.91. The fraction of sp³-hybridized carbons (Fsp3) is 0.400. The Morgan fingerprint density at radius 1 is 1.24 bits per heavy atom. The molecule has 1 fully saturated rings. The van der Waals surface area contributed by atoms with E-state index in [1.54, 1.807) is 19.5 Å². The number of carbonyl (C=O) groups excluding carboxylic acids is 1. The largest absolute Gasteiger partial charge is 0.497 e. The molecule has 5 heteroatoms. The number of ether oxygens (including phenoxy) is 1. The number of aromatic nitrogens is 1. The topological polar surface area (TPSA) is 62.7 Å². The van der Waals surface area contributed by atoms with Gasteiger partial charge in [-0.2, -0.15) is 0 Å². The summed E-state index contributed by atoms with van der Waals surface area (Å²) in [5, 5.41) is 9.42. The smallest absolute Gasteiger partial charge is 0.255 e. The van der Waals surface area contributed by atoms with Crippen molar-refractivity contribution >= 4 is 5.91 Å². The summed E-state index contributed by atoms with van der Waals surface area (Å²) in [6.45, 7) is 2.79. The van der Waals surface area contributed by atoms with Gasteiger partial charge in [0.05, 0.1) is 12.7 Å². The molecule has 2 aromatic rings. The van der Waals surface area contributed by atoms with Crippen molar-refractivity contribution in [2.75, 3.05) is 20.3 Å². The number of hydrogen-bond donors (Lipinski definition) is 1. The van der Waals surface area contributed by atoms with E-state index in [-0.39, 0.29) is 24.5 Å². The fourth-order valence-electron chi connectivity index (χ4n) is 3.28. The second kappa shape index (κ2) is 7.66. The predicted octanol–water partition coefficient (Wildman–Crippen LogP) is 2.99. The Labute approximate surface area is 148 Å². The van der Waals surface area contributed by atoms with Crippen LogP contribution in [0.1, 0.15) is 30.1 Å². The van der Waals surface area contributed by atoms with E-state index < -0.39 is 0 Å². The van der Waals surface area contributed by atoms with E-state index in [0.29, 0.717) is 12.1 Å². The number of piperidine rings is 1. The highest BCUT2D eigenvalue weighted by atomic mass is 16.5. The summed E-state index contributed by atoms with van der Waals surface area (Å²) >= 11 is 0. The van der Waals surface area contributed by atoms with Crippen molar-refractivity contribution in [2.24, 2.45) is 5.92 Å². The first-order chi connectivity index (χ1) is 12.1. The van der Waals surface area contributed by atoms with Crippen molar-refractivity contribution in [3.05, 3.63) is 48.3 Å². The minimum Gasteiger partial charge on any atom is -0.497 e. The van der Waals surface area contributed by atoms with Gasteiger partial charge in [0, 0.05) is 37.2 Å². The summed E-state index contributed by atoms with van der Waals surface area (Å²) in [5.41, 5.74) is 2.47. The molecule has 2 heterocycles. The van der Waals surface area contributed by atoms with E-state index in [4.69, 9.17) is 4.74 Å². The summed E-state index contributed by atoms with van der Waals surface area (Å²) < 4.78 is 5.18. The van der Waals surface area contributed by atoms with Crippen molar-refractivity contribution in [3.63, 3.8) is 0 Å². The molecule has 0 saturated carbocycles. The van der Waals surface area contributed by atoms with Crippen LogP contribution in [-0.2, 0) is 0 Å². The number of amides is 1. The fourth-order valence-corrected chi connectivity index (χ4v) is 3.28. The summed E-state index contributed by atoms with van der Waals surface area (Å²) in [6.07, 6.45) is 5.26. The zero-order chi connectivity index (χ0) is 17.8. The third-order valence-electron chi connectivity index (χ3n) is 4.91. The molecule has 2 unspecified atom stereocenters. The van der Waals surface area contributed by atoms with Crippen molar-refractivity contribution in [1.82, 2.24) is 9.88 Å². The third kappa shape index (κ3) is 3.82. The van der Waals surface area contributed by atoms with Gasteiger partial charge in [0.15, 0.2) is 0 Å². The molecule has 1 aliphatic rings. The van der Waals surface area contributed by atoms with E-state index in [2.05, 4.69) is 11.9 Å². The van der Waals surface area contributed by atoms with Crippen molar-refractivity contribution in [1.29, 1.82) is 0 Å². The molecule has 132 valence electrons. The zero-order valence-corrected chi connectivity index (χ0v) is 14.7. The molecule has 1 amide bonds. The van der Waals surface area contributed by atoms with Gasteiger partial charge in [-0.3, -0.25) is 9.78 Å². The summed E-state index contributed by atoms with van der Waals surface area (Å²) in [6, 6.07) is 9.75.